The van der Waals surface area contributed by atoms with Gasteiger partial charge in [-0.3, -0.25) is 13.9 Å². The van der Waals surface area contributed by atoms with Crippen molar-refractivity contribution in [1.29, 1.82) is 0 Å². The maximum absolute atomic E-state index is 14.3. The Balaban J connectivity index is 1.86. The molecule has 0 radical (unpaired) electrons. The van der Waals surface area contributed by atoms with Gasteiger partial charge in [0.1, 0.15) is 12.6 Å². The lowest BCUT2D eigenvalue weighted by atomic mass is 10.0. The van der Waals surface area contributed by atoms with E-state index in [1.807, 2.05) is 0 Å². The summed E-state index contributed by atoms with van der Waals surface area (Å²) in [5, 5.41) is 2.51. The molecule has 0 aliphatic rings. The zero-order chi connectivity index (χ0) is 32.8. The highest BCUT2D eigenvalue weighted by Gasteiger charge is 2.37. The molecule has 1 atom stereocenters. The van der Waals surface area contributed by atoms with Crippen molar-refractivity contribution in [3.05, 3.63) is 130 Å². The van der Waals surface area contributed by atoms with Crippen LogP contribution in [0.2, 0.25) is 10.0 Å². The fourth-order valence-corrected chi connectivity index (χ4v) is 6.55. The van der Waals surface area contributed by atoms with Crippen LogP contribution in [-0.4, -0.2) is 44.8 Å². The second kappa shape index (κ2) is 14.4. The van der Waals surface area contributed by atoms with Crippen molar-refractivity contribution in [2.24, 2.45) is 0 Å². The van der Waals surface area contributed by atoms with Crippen molar-refractivity contribution in [3.8, 4) is 0 Å². The first-order valence-corrected chi connectivity index (χ1v) is 15.8. The number of nitrogens with one attached hydrogen (secondary N) is 1. The van der Waals surface area contributed by atoms with Crippen molar-refractivity contribution >= 4 is 50.7 Å². The molecule has 2 amide bonds. The minimum absolute atomic E-state index is 0.0481. The Kier molecular flexibility index (Phi) is 10.8. The first kappa shape index (κ1) is 33.8. The van der Waals surface area contributed by atoms with Crippen LogP contribution >= 0.6 is 23.2 Å². The summed E-state index contributed by atoms with van der Waals surface area (Å²) in [5.41, 5.74) is -0.550. The van der Waals surface area contributed by atoms with E-state index < -0.39 is 51.9 Å². The smallest absolute Gasteiger partial charge is 0.357 e. The topological polar surface area (TPSA) is 86.8 Å². The molecule has 45 heavy (non-hydrogen) atoms. The van der Waals surface area contributed by atoms with E-state index in [0.717, 1.165) is 6.07 Å². The zero-order valence-corrected chi connectivity index (χ0v) is 26.2. The molecule has 1 unspecified atom stereocenters. The summed E-state index contributed by atoms with van der Waals surface area (Å²) in [6.07, 6.45) is -4.78. The van der Waals surface area contributed by atoms with Crippen molar-refractivity contribution in [2.75, 3.05) is 17.9 Å². The van der Waals surface area contributed by atoms with Crippen LogP contribution in [0.1, 0.15) is 16.7 Å². The highest BCUT2D eigenvalue weighted by Crippen LogP contribution is 2.37. The Morgan fingerprint density at radius 2 is 1.44 bits per heavy atom. The summed E-state index contributed by atoms with van der Waals surface area (Å²) in [4.78, 5) is 28.5. The molecule has 1 N–H and O–H groups in total. The van der Waals surface area contributed by atoms with Gasteiger partial charge in [0.05, 0.1) is 21.2 Å². The maximum atomic E-state index is 14.3. The van der Waals surface area contributed by atoms with E-state index in [1.54, 1.807) is 60.7 Å². The van der Waals surface area contributed by atoms with Crippen molar-refractivity contribution in [3.63, 3.8) is 0 Å². The fourth-order valence-electron chi connectivity index (χ4n) is 4.64. The van der Waals surface area contributed by atoms with E-state index in [0.29, 0.717) is 32.6 Å². The summed E-state index contributed by atoms with van der Waals surface area (Å²) in [6.45, 7) is -1.19. The van der Waals surface area contributed by atoms with Crippen LogP contribution in [0.4, 0.5) is 18.9 Å². The molecule has 236 valence electrons. The van der Waals surface area contributed by atoms with E-state index in [-0.39, 0.29) is 22.9 Å². The molecule has 0 heterocycles. The number of amides is 2. The third-order valence-corrected chi connectivity index (χ3v) is 9.43. The normalized spacial score (nSPS) is 12.3. The van der Waals surface area contributed by atoms with Crippen LogP contribution in [0.5, 0.6) is 0 Å². The Labute approximate surface area is 269 Å². The van der Waals surface area contributed by atoms with Crippen LogP contribution < -0.4 is 9.62 Å². The largest absolute Gasteiger partial charge is 0.416 e. The number of benzene rings is 4. The predicted molar refractivity (Wildman–Crippen MR) is 167 cm³/mol. The minimum Gasteiger partial charge on any atom is -0.357 e. The van der Waals surface area contributed by atoms with Gasteiger partial charge >= 0.3 is 6.18 Å². The van der Waals surface area contributed by atoms with Gasteiger partial charge in [0.15, 0.2) is 0 Å². The standard InChI is InChI=1S/C32H28Cl2F3N3O4S/c1-38-31(42)29(18-22-10-4-2-5-11-22)39(20-23-12-8-9-15-26(23)33)30(41)21-40(45(43,44)25-13-6-3-7-14-25)28-19-24(32(35,36)37)16-17-27(28)34/h2-17,19,29H,18,20-21H2,1H3,(H,38,42). The molecule has 0 aromatic heterocycles. The number of carbonyl (C=O) groups is 2. The molecule has 0 aliphatic carbocycles. The van der Waals surface area contributed by atoms with Gasteiger partial charge in [-0.25, -0.2) is 8.42 Å². The summed E-state index contributed by atoms with van der Waals surface area (Å²) in [7, 11) is -3.26. The molecular formula is C32H28Cl2F3N3O4S. The Hall–Kier alpha value is -4.06. The number of nitrogens with zero attached hydrogens (tertiary/aromatic N) is 2. The van der Waals surface area contributed by atoms with E-state index >= 15 is 0 Å². The molecule has 0 fully saturated rings. The molecule has 4 aromatic rings. The number of sulfonamides is 1. The van der Waals surface area contributed by atoms with Crippen LogP contribution in [0.15, 0.2) is 108 Å². The van der Waals surface area contributed by atoms with E-state index in [2.05, 4.69) is 5.32 Å². The van der Waals surface area contributed by atoms with Gasteiger partial charge < -0.3 is 10.2 Å². The lowest BCUT2D eigenvalue weighted by Crippen LogP contribution is -2.53. The molecule has 4 aromatic carbocycles. The summed E-state index contributed by atoms with van der Waals surface area (Å²) in [5.74, 6) is -1.43. The molecule has 0 saturated heterocycles. The fraction of sp³-hybridized carbons (Fsp3) is 0.188. The number of likely N-dealkylation sites (N-methyl/N-ethyl adjacent to an activating group) is 1. The van der Waals surface area contributed by atoms with E-state index in [4.69, 9.17) is 23.2 Å². The predicted octanol–water partition coefficient (Wildman–Crippen LogP) is 6.59. The average Bonchev–Trinajstić information content (AvgIpc) is 3.02. The molecule has 0 spiro atoms. The molecule has 0 aliphatic heterocycles. The first-order valence-electron chi connectivity index (χ1n) is 13.6. The lowest BCUT2D eigenvalue weighted by molar-refractivity contribution is -0.139. The number of rotatable bonds is 11. The van der Waals surface area contributed by atoms with Crippen molar-refractivity contribution < 1.29 is 31.2 Å². The zero-order valence-electron chi connectivity index (χ0n) is 23.8. The summed E-state index contributed by atoms with van der Waals surface area (Å²) >= 11 is 12.7. The second-order valence-corrected chi connectivity index (χ2v) is 12.6. The molecule has 7 nitrogen and oxygen atoms in total. The van der Waals surface area contributed by atoms with Gasteiger partial charge in [-0.1, -0.05) is 89.9 Å². The van der Waals surface area contributed by atoms with Crippen LogP contribution in [0, 0.1) is 0 Å². The number of carbonyl (C=O) groups excluding carboxylic acids is 2. The van der Waals surface area contributed by atoms with Gasteiger partial charge in [-0.2, -0.15) is 13.2 Å². The highest BCUT2D eigenvalue weighted by molar-refractivity contribution is 7.92. The quantitative estimate of drug-likeness (QED) is 0.194. The lowest BCUT2D eigenvalue weighted by Gasteiger charge is -2.34. The number of hydrogen-bond donors (Lipinski definition) is 1. The molecule has 0 saturated carbocycles. The first-order chi connectivity index (χ1) is 21.3. The number of alkyl halides is 3. The van der Waals surface area contributed by atoms with Gasteiger partial charge in [-0.15, -0.1) is 0 Å². The van der Waals surface area contributed by atoms with E-state index in [9.17, 15) is 31.2 Å². The van der Waals surface area contributed by atoms with Crippen LogP contribution in [0.25, 0.3) is 0 Å². The van der Waals surface area contributed by atoms with Crippen LogP contribution in [-0.2, 0) is 38.8 Å². The molecular weight excluding hydrogens is 650 g/mol. The average molecular weight is 679 g/mol. The highest BCUT2D eigenvalue weighted by atomic mass is 35.5. The minimum atomic E-state index is -4.83. The van der Waals surface area contributed by atoms with E-state index in [1.165, 1.54) is 36.2 Å². The molecule has 0 bridgehead atoms. The summed E-state index contributed by atoms with van der Waals surface area (Å²) < 4.78 is 69.8. The third-order valence-electron chi connectivity index (χ3n) is 6.97. The Morgan fingerprint density at radius 1 is 0.844 bits per heavy atom. The van der Waals surface area contributed by atoms with Gasteiger partial charge in [0, 0.05) is 25.0 Å². The van der Waals surface area contributed by atoms with Gasteiger partial charge in [0.2, 0.25) is 11.8 Å². The van der Waals surface area contributed by atoms with Crippen molar-refractivity contribution in [1.82, 2.24) is 10.2 Å². The van der Waals surface area contributed by atoms with Crippen molar-refractivity contribution in [2.45, 2.75) is 30.1 Å². The number of hydrogen-bond acceptors (Lipinski definition) is 4. The SMILES string of the molecule is CNC(=O)C(Cc1ccccc1)N(Cc1ccccc1Cl)C(=O)CN(c1cc(C(F)(F)F)ccc1Cl)S(=O)(=O)c1ccccc1. The molecule has 4 rings (SSSR count). The number of anilines is 1. The van der Waals surface area contributed by atoms with Gasteiger partial charge in [-0.05, 0) is 47.5 Å². The summed E-state index contributed by atoms with van der Waals surface area (Å²) in [6, 6.07) is 23.5. The van der Waals surface area contributed by atoms with Crippen LogP contribution in [0.3, 0.4) is 0 Å². The van der Waals surface area contributed by atoms with Gasteiger partial charge in [0.25, 0.3) is 10.0 Å². The monoisotopic (exact) mass is 677 g/mol. The third kappa shape index (κ3) is 8.16. The number of halogens is 5. The Morgan fingerprint density at radius 3 is 2.04 bits per heavy atom. The maximum Gasteiger partial charge on any atom is 0.416 e. The Bertz CT molecular complexity index is 1760. The second-order valence-electron chi connectivity index (χ2n) is 9.92. The molecule has 13 heteroatoms.